The van der Waals surface area contributed by atoms with Crippen LogP contribution in [0.15, 0.2) is 22.7 Å². The van der Waals surface area contributed by atoms with Crippen LogP contribution in [-0.2, 0) is 4.79 Å². The van der Waals surface area contributed by atoms with E-state index in [1.165, 1.54) is 18.2 Å². The molecule has 0 spiro atoms. The van der Waals surface area contributed by atoms with Crippen molar-refractivity contribution < 1.29 is 19.5 Å². The number of aromatic carboxylic acids is 1. The van der Waals surface area contributed by atoms with Gasteiger partial charge in [0, 0.05) is 4.47 Å². The summed E-state index contributed by atoms with van der Waals surface area (Å²) in [6.07, 6.45) is 0. The van der Waals surface area contributed by atoms with Crippen molar-refractivity contribution >= 4 is 39.5 Å². The van der Waals surface area contributed by atoms with Gasteiger partial charge in [-0.05, 0) is 18.2 Å². The van der Waals surface area contributed by atoms with Gasteiger partial charge in [-0.15, -0.1) is 0 Å². The second-order valence-corrected chi connectivity index (χ2v) is 4.27. The molecule has 1 aromatic rings. The third-order valence-corrected chi connectivity index (χ3v) is 2.77. The second-order valence-electron chi connectivity index (χ2n) is 3.35. The molecule has 1 aromatic carbocycles. The minimum atomic E-state index is -1.19. The van der Waals surface area contributed by atoms with Crippen LogP contribution in [-0.4, -0.2) is 29.6 Å². The molecule has 7 heteroatoms. The Kier molecular flexibility index (Phi) is 2.84. The molecular formula is C10H7BrN2O4. The van der Waals surface area contributed by atoms with Gasteiger partial charge in [0.1, 0.15) is 0 Å². The fourth-order valence-corrected chi connectivity index (χ4v) is 1.89. The predicted octanol–water partition coefficient (Wildman–Crippen LogP) is 1.20. The minimum absolute atomic E-state index is 0.0619. The Labute approximate surface area is 104 Å². The third kappa shape index (κ3) is 2.01. The quantitative estimate of drug-likeness (QED) is 0.803. The lowest BCUT2D eigenvalue weighted by molar-refractivity contribution is -0.115. The Balaban J connectivity index is 2.57. The van der Waals surface area contributed by atoms with Crippen LogP contribution in [0.4, 0.5) is 10.5 Å². The zero-order valence-corrected chi connectivity index (χ0v) is 10.0. The van der Waals surface area contributed by atoms with E-state index in [0.29, 0.717) is 4.47 Å². The van der Waals surface area contributed by atoms with Crippen LogP contribution in [0.1, 0.15) is 10.4 Å². The van der Waals surface area contributed by atoms with Crippen LogP contribution in [0.25, 0.3) is 0 Å². The topological polar surface area (TPSA) is 86.7 Å². The fraction of sp³-hybridized carbons (Fsp3) is 0.100. The normalized spacial score (nSPS) is 15.0. The Morgan fingerprint density at radius 3 is 2.65 bits per heavy atom. The molecule has 0 atom stereocenters. The summed E-state index contributed by atoms with van der Waals surface area (Å²) in [5.74, 6) is -1.67. The molecule has 0 unspecified atom stereocenters. The smallest absolute Gasteiger partial charge is 0.337 e. The standard InChI is InChI=1S/C10H7BrN2O4/c11-5-1-2-6(9(15)16)7(3-5)13-8(14)4-12-10(13)17/h1-3H,4H2,(H,12,17)(H,15,16). The maximum Gasteiger partial charge on any atom is 0.337 e. The molecule has 1 fully saturated rings. The lowest BCUT2D eigenvalue weighted by Gasteiger charge is -2.15. The summed E-state index contributed by atoms with van der Waals surface area (Å²) in [5.41, 5.74) is -0.0366. The van der Waals surface area contributed by atoms with Gasteiger partial charge >= 0.3 is 12.0 Å². The lowest BCUT2D eigenvalue weighted by atomic mass is 10.1. The third-order valence-electron chi connectivity index (χ3n) is 2.27. The Bertz CT molecular complexity index is 513. The number of carbonyl (C=O) groups excluding carboxylic acids is 2. The predicted molar refractivity (Wildman–Crippen MR) is 62.0 cm³/mol. The molecule has 3 amide bonds. The van der Waals surface area contributed by atoms with E-state index in [1.807, 2.05) is 0 Å². The SMILES string of the molecule is O=C(O)c1ccc(Br)cc1N1C(=O)CNC1=O. The maximum absolute atomic E-state index is 11.5. The Morgan fingerprint density at radius 1 is 1.41 bits per heavy atom. The monoisotopic (exact) mass is 298 g/mol. The average Bonchev–Trinajstić information content (AvgIpc) is 2.58. The molecule has 0 bridgehead atoms. The van der Waals surface area contributed by atoms with E-state index < -0.39 is 17.9 Å². The molecule has 0 radical (unpaired) electrons. The summed E-state index contributed by atoms with van der Waals surface area (Å²) in [7, 11) is 0. The molecular weight excluding hydrogens is 292 g/mol. The number of imide groups is 1. The van der Waals surface area contributed by atoms with Crippen molar-refractivity contribution in [2.75, 3.05) is 11.4 Å². The van der Waals surface area contributed by atoms with Gasteiger partial charge in [-0.3, -0.25) is 4.79 Å². The van der Waals surface area contributed by atoms with E-state index in [-0.39, 0.29) is 17.8 Å². The highest BCUT2D eigenvalue weighted by atomic mass is 79.9. The van der Waals surface area contributed by atoms with Crippen LogP contribution in [0.3, 0.4) is 0 Å². The average molecular weight is 299 g/mol. The van der Waals surface area contributed by atoms with E-state index in [1.54, 1.807) is 0 Å². The molecule has 17 heavy (non-hydrogen) atoms. The number of nitrogens with zero attached hydrogens (tertiary/aromatic N) is 1. The number of carboxylic acids is 1. The first kappa shape index (κ1) is 11.6. The van der Waals surface area contributed by atoms with E-state index in [2.05, 4.69) is 21.2 Å². The number of hydrogen-bond acceptors (Lipinski definition) is 3. The van der Waals surface area contributed by atoms with Gasteiger partial charge in [0.15, 0.2) is 0 Å². The van der Waals surface area contributed by atoms with Crippen LogP contribution in [0.5, 0.6) is 0 Å². The van der Waals surface area contributed by atoms with E-state index >= 15 is 0 Å². The molecule has 0 aromatic heterocycles. The molecule has 2 N–H and O–H groups in total. The second kappa shape index (κ2) is 4.17. The summed E-state index contributed by atoms with van der Waals surface area (Å²) >= 11 is 3.17. The number of benzene rings is 1. The minimum Gasteiger partial charge on any atom is -0.478 e. The number of hydrogen-bond donors (Lipinski definition) is 2. The zero-order chi connectivity index (χ0) is 12.6. The Morgan fingerprint density at radius 2 is 2.12 bits per heavy atom. The fourth-order valence-electron chi connectivity index (χ4n) is 1.54. The van der Waals surface area contributed by atoms with Crippen molar-refractivity contribution in [1.82, 2.24) is 5.32 Å². The van der Waals surface area contributed by atoms with Crippen molar-refractivity contribution in [2.45, 2.75) is 0 Å². The Hall–Kier alpha value is -1.89. The number of nitrogens with one attached hydrogen (secondary N) is 1. The number of anilines is 1. The van der Waals surface area contributed by atoms with Crippen molar-refractivity contribution in [3.63, 3.8) is 0 Å². The number of carboxylic acid groups (broad SMARTS) is 1. The zero-order valence-electron chi connectivity index (χ0n) is 8.44. The molecule has 1 saturated heterocycles. The van der Waals surface area contributed by atoms with E-state index in [9.17, 15) is 14.4 Å². The van der Waals surface area contributed by atoms with Gasteiger partial charge in [0.25, 0.3) is 5.91 Å². The van der Waals surface area contributed by atoms with Crippen LogP contribution >= 0.6 is 15.9 Å². The number of urea groups is 1. The van der Waals surface area contributed by atoms with Crippen LogP contribution in [0.2, 0.25) is 0 Å². The first-order valence-corrected chi connectivity index (χ1v) is 5.43. The summed E-state index contributed by atoms with van der Waals surface area (Å²) < 4.78 is 0.588. The molecule has 0 saturated carbocycles. The first-order chi connectivity index (χ1) is 8.00. The van der Waals surface area contributed by atoms with Crippen LogP contribution in [0, 0.1) is 0 Å². The maximum atomic E-state index is 11.5. The molecule has 1 aliphatic heterocycles. The summed E-state index contributed by atoms with van der Waals surface area (Å²) in [6.45, 7) is -0.121. The largest absolute Gasteiger partial charge is 0.478 e. The molecule has 6 nitrogen and oxygen atoms in total. The van der Waals surface area contributed by atoms with Gasteiger partial charge in [-0.1, -0.05) is 15.9 Å². The molecule has 1 aliphatic rings. The van der Waals surface area contributed by atoms with Crippen LogP contribution < -0.4 is 10.2 Å². The van der Waals surface area contributed by atoms with Gasteiger partial charge in [-0.2, -0.15) is 0 Å². The molecule has 0 aliphatic carbocycles. The highest BCUT2D eigenvalue weighted by Gasteiger charge is 2.32. The number of rotatable bonds is 2. The summed E-state index contributed by atoms with van der Waals surface area (Å²) in [4.78, 5) is 34.8. The highest BCUT2D eigenvalue weighted by molar-refractivity contribution is 9.10. The number of halogens is 1. The van der Waals surface area contributed by atoms with Gasteiger partial charge in [0.05, 0.1) is 17.8 Å². The van der Waals surface area contributed by atoms with Crippen molar-refractivity contribution in [2.24, 2.45) is 0 Å². The summed E-state index contributed by atoms with van der Waals surface area (Å²) in [5, 5.41) is 11.3. The van der Waals surface area contributed by atoms with Gasteiger partial charge in [-0.25, -0.2) is 14.5 Å². The number of amides is 3. The first-order valence-electron chi connectivity index (χ1n) is 4.64. The van der Waals surface area contributed by atoms with Crippen molar-refractivity contribution in [1.29, 1.82) is 0 Å². The summed E-state index contributed by atoms with van der Waals surface area (Å²) in [6, 6.07) is 3.67. The van der Waals surface area contributed by atoms with Crippen molar-refractivity contribution in [3.05, 3.63) is 28.2 Å². The molecule has 2 rings (SSSR count). The molecule has 88 valence electrons. The van der Waals surface area contributed by atoms with Crippen molar-refractivity contribution in [3.8, 4) is 0 Å². The lowest BCUT2D eigenvalue weighted by Crippen LogP contribution is -2.32. The van der Waals surface area contributed by atoms with Gasteiger partial charge in [0.2, 0.25) is 0 Å². The highest BCUT2D eigenvalue weighted by Crippen LogP contribution is 2.26. The van der Waals surface area contributed by atoms with E-state index in [4.69, 9.17) is 5.11 Å². The number of carbonyl (C=O) groups is 3. The molecule has 1 heterocycles. The van der Waals surface area contributed by atoms with E-state index in [0.717, 1.165) is 4.90 Å². The van der Waals surface area contributed by atoms with Gasteiger partial charge < -0.3 is 10.4 Å².